The molecule has 2 amide bonds. The summed E-state index contributed by atoms with van der Waals surface area (Å²) >= 11 is 0. The summed E-state index contributed by atoms with van der Waals surface area (Å²) in [4.78, 5) is 32.9. The number of carbonyl (C=O) groups excluding carboxylic acids is 2. The van der Waals surface area contributed by atoms with Crippen molar-refractivity contribution < 1.29 is 14.7 Å². The maximum atomic E-state index is 13.3. The van der Waals surface area contributed by atoms with E-state index in [4.69, 9.17) is 4.99 Å². The lowest BCUT2D eigenvalue weighted by Crippen LogP contribution is -2.49. The molecule has 6 heteroatoms. The van der Waals surface area contributed by atoms with Crippen LogP contribution in [0.4, 0.5) is 5.69 Å². The fourth-order valence-corrected chi connectivity index (χ4v) is 4.22. The Morgan fingerprint density at radius 1 is 1.29 bits per heavy atom. The number of anilines is 1. The first-order valence-electron chi connectivity index (χ1n) is 11.6. The number of rotatable bonds is 8. The Bertz CT molecular complexity index is 839. The van der Waals surface area contributed by atoms with Crippen LogP contribution in [-0.4, -0.2) is 41.9 Å². The SMILES string of the molecule is CCCC[C@H](O)[C@@H](CC1CC1)C(=O)N[C@@H]1N=C(C(C)(C)C)c2ccccc2N(C)C1=O. The Balaban J connectivity index is 1.89. The second-order valence-electron chi connectivity index (χ2n) is 10.0. The molecule has 1 aromatic rings. The fraction of sp³-hybridized carbons (Fsp3) is 0.640. The third-order valence-corrected chi connectivity index (χ3v) is 6.27. The van der Waals surface area contributed by atoms with Crippen LogP contribution >= 0.6 is 0 Å². The second-order valence-corrected chi connectivity index (χ2v) is 10.0. The van der Waals surface area contributed by atoms with E-state index < -0.39 is 18.2 Å². The molecule has 0 saturated heterocycles. The number of benzene rings is 1. The minimum absolute atomic E-state index is 0.270. The number of para-hydroxylation sites is 1. The summed E-state index contributed by atoms with van der Waals surface area (Å²) in [6.45, 7) is 8.24. The lowest BCUT2D eigenvalue weighted by atomic mass is 9.85. The molecule has 0 bridgehead atoms. The summed E-state index contributed by atoms with van der Waals surface area (Å²) in [6, 6.07) is 7.71. The first kappa shape index (κ1) is 23.5. The molecule has 170 valence electrons. The van der Waals surface area contributed by atoms with Crippen LogP contribution in [0.15, 0.2) is 29.3 Å². The van der Waals surface area contributed by atoms with Crippen molar-refractivity contribution in [3.8, 4) is 0 Å². The van der Waals surface area contributed by atoms with Crippen LogP contribution in [0.1, 0.15) is 71.8 Å². The highest BCUT2D eigenvalue weighted by Gasteiger charge is 2.38. The molecule has 2 aliphatic rings. The molecule has 2 N–H and O–H groups in total. The standard InChI is InChI=1S/C25H37N3O3/c1-6-7-12-20(29)18(15-16-13-14-16)23(30)27-22-24(31)28(5)19-11-9-8-10-17(19)21(26-22)25(2,3)4/h8-11,16,18,20,22,29H,6-7,12-15H2,1-5H3,(H,27,30)/t18-,20+,22+/m1/s1. The molecule has 1 aliphatic heterocycles. The van der Waals surface area contributed by atoms with E-state index in [0.29, 0.717) is 18.8 Å². The van der Waals surface area contributed by atoms with E-state index in [1.54, 1.807) is 11.9 Å². The quantitative estimate of drug-likeness (QED) is 0.660. The minimum Gasteiger partial charge on any atom is -0.392 e. The van der Waals surface area contributed by atoms with Crippen molar-refractivity contribution >= 4 is 23.2 Å². The number of aliphatic imine (C=N–C) groups is 1. The molecule has 0 aromatic heterocycles. The van der Waals surface area contributed by atoms with Crippen LogP contribution in [-0.2, 0) is 9.59 Å². The van der Waals surface area contributed by atoms with E-state index in [9.17, 15) is 14.7 Å². The molecule has 0 radical (unpaired) electrons. The van der Waals surface area contributed by atoms with Gasteiger partial charge in [0.25, 0.3) is 5.91 Å². The first-order valence-corrected chi connectivity index (χ1v) is 11.6. The van der Waals surface area contributed by atoms with E-state index in [1.807, 2.05) is 24.3 Å². The van der Waals surface area contributed by atoms with Gasteiger partial charge in [0.05, 0.1) is 23.4 Å². The number of hydrogen-bond acceptors (Lipinski definition) is 4. The zero-order valence-electron chi connectivity index (χ0n) is 19.5. The van der Waals surface area contributed by atoms with E-state index in [0.717, 1.165) is 42.6 Å². The van der Waals surface area contributed by atoms with Crippen molar-refractivity contribution in [1.82, 2.24) is 5.32 Å². The maximum absolute atomic E-state index is 13.3. The van der Waals surface area contributed by atoms with E-state index in [2.05, 4.69) is 33.0 Å². The number of nitrogens with zero attached hydrogens (tertiary/aromatic N) is 2. The number of carbonyl (C=O) groups is 2. The average Bonchev–Trinajstić information content (AvgIpc) is 3.55. The Morgan fingerprint density at radius 2 is 1.97 bits per heavy atom. The molecule has 1 heterocycles. The van der Waals surface area contributed by atoms with E-state index in [-0.39, 0.29) is 17.2 Å². The smallest absolute Gasteiger partial charge is 0.272 e. The molecule has 0 unspecified atom stereocenters. The van der Waals surface area contributed by atoms with E-state index >= 15 is 0 Å². The third kappa shape index (κ3) is 5.53. The summed E-state index contributed by atoms with van der Waals surface area (Å²) in [6.07, 6.45) is 3.64. The van der Waals surface area contributed by atoms with Crippen molar-refractivity contribution in [2.45, 2.75) is 78.5 Å². The normalized spacial score (nSPS) is 21.1. The summed E-state index contributed by atoms with van der Waals surface area (Å²) < 4.78 is 0. The van der Waals surface area contributed by atoms with Gasteiger partial charge in [-0.1, -0.05) is 71.6 Å². The molecule has 31 heavy (non-hydrogen) atoms. The van der Waals surface area contributed by atoms with Gasteiger partial charge in [-0.2, -0.15) is 0 Å². The Kier molecular flexibility index (Phi) is 7.20. The lowest BCUT2D eigenvalue weighted by Gasteiger charge is -2.26. The summed E-state index contributed by atoms with van der Waals surface area (Å²) in [5.74, 6) is -0.549. The second kappa shape index (κ2) is 9.51. The van der Waals surface area contributed by atoms with Gasteiger partial charge >= 0.3 is 0 Å². The molecular weight excluding hydrogens is 390 g/mol. The highest BCUT2D eigenvalue weighted by Crippen LogP contribution is 2.37. The largest absolute Gasteiger partial charge is 0.392 e. The first-order chi connectivity index (χ1) is 14.6. The van der Waals surface area contributed by atoms with Crippen LogP contribution in [0.5, 0.6) is 0 Å². The van der Waals surface area contributed by atoms with Gasteiger partial charge in [-0.3, -0.25) is 14.6 Å². The zero-order chi connectivity index (χ0) is 22.8. The Hall–Kier alpha value is -2.21. The number of amides is 2. The topological polar surface area (TPSA) is 82.0 Å². The van der Waals surface area contributed by atoms with Crippen LogP contribution < -0.4 is 10.2 Å². The van der Waals surface area contributed by atoms with Gasteiger partial charge in [0.15, 0.2) is 0 Å². The Labute approximate surface area is 186 Å². The molecule has 0 spiro atoms. The molecule has 3 atom stereocenters. The van der Waals surface area contributed by atoms with Crippen molar-refractivity contribution in [3.63, 3.8) is 0 Å². The zero-order valence-corrected chi connectivity index (χ0v) is 19.5. The van der Waals surface area contributed by atoms with Crippen LogP contribution in [0.3, 0.4) is 0 Å². The highest BCUT2D eigenvalue weighted by atomic mass is 16.3. The molecule has 1 aromatic carbocycles. The molecule has 1 saturated carbocycles. The number of fused-ring (bicyclic) bond motifs is 1. The van der Waals surface area contributed by atoms with Crippen molar-refractivity contribution in [2.75, 3.05) is 11.9 Å². The van der Waals surface area contributed by atoms with Gasteiger partial charge in [0.2, 0.25) is 12.1 Å². The number of unbranched alkanes of at least 4 members (excludes halogenated alkanes) is 1. The van der Waals surface area contributed by atoms with Gasteiger partial charge < -0.3 is 15.3 Å². The number of aliphatic hydroxyl groups is 1. The van der Waals surface area contributed by atoms with Gasteiger partial charge in [-0.15, -0.1) is 0 Å². The van der Waals surface area contributed by atoms with Crippen molar-refractivity contribution in [2.24, 2.45) is 22.2 Å². The minimum atomic E-state index is -1.00. The predicted octanol–water partition coefficient (Wildman–Crippen LogP) is 3.91. The average molecular weight is 428 g/mol. The van der Waals surface area contributed by atoms with E-state index in [1.165, 1.54) is 0 Å². The van der Waals surface area contributed by atoms with Crippen molar-refractivity contribution in [3.05, 3.63) is 29.8 Å². The number of nitrogens with one attached hydrogen (secondary N) is 1. The number of aliphatic hydroxyl groups excluding tert-OH is 1. The summed E-state index contributed by atoms with van der Waals surface area (Å²) in [5.41, 5.74) is 2.17. The van der Waals surface area contributed by atoms with Crippen LogP contribution in [0.2, 0.25) is 0 Å². The third-order valence-electron chi connectivity index (χ3n) is 6.27. The van der Waals surface area contributed by atoms with Gasteiger partial charge in [0, 0.05) is 18.0 Å². The number of benzodiazepines with no additional fused rings is 1. The summed E-state index contributed by atoms with van der Waals surface area (Å²) in [5, 5.41) is 13.6. The molecule has 6 nitrogen and oxygen atoms in total. The Morgan fingerprint density at radius 3 is 2.58 bits per heavy atom. The number of likely N-dealkylation sites (N-methyl/N-ethyl adjacent to an activating group) is 1. The van der Waals surface area contributed by atoms with Gasteiger partial charge in [-0.25, -0.2) is 0 Å². The van der Waals surface area contributed by atoms with Gasteiger partial charge in [-0.05, 0) is 24.8 Å². The summed E-state index contributed by atoms with van der Waals surface area (Å²) in [7, 11) is 1.72. The fourth-order valence-electron chi connectivity index (χ4n) is 4.22. The monoisotopic (exact) mass is 427 g/mol. The molecule has 3 rings (SSSR count). The predicted molar refractivity (Wildman–Crippen MR) is 124 cm³/mol. The van der Waals surface area contributed by atoms with Crippen molar-refractivity contribution in [1.29, 1.82) is 0 Å². The van der Waals surface area contributed by atoms with Gasteiger partial charge in [0.1, 0.15) is 0 Å². The molecular formula is C25H37N3O3. The van der Waals surface area contributed by atoms with Crippen LogP contribution in [0, 0.1) is 17.3 Å². The number of hydrogen-bond donors (Lipinski definition) is 2. The maximum Gasteiger partial charge on any atom is 0.272 e. The lowest BCUT2D eigenvalue weighted by molar-refractivity contribution is -0.133. The molecule has 1 fully saturated rings. The highest BCUT2D eigenvalue weighted by molar-refractivity contribution is 6.14. The van der Waals surface area contributed by atoms with Crippen LogP contribution in [0.25, 0.3) is 0 Å². The molecule has 1 aliphatic carbocycles.